The van der Waals surface area contributed by atoms with Crippen molar-refractivity contribution in [3.63, 3.8) is 0 Å². The Bertz CT molecular complexity index is 882. The zero-order valence-corrected chi connectivity index (χ0v) is 15.7. The number of aryl methyl sites for hydroxylation is 2. The van der Waals surface area contributed by atoms with Gasteiger partial charge in [-0.1, -0.05) is 6.07 Å². The standard InChI is InChI=1S/C17H19NO5S2/c1-12-3-4-14(9-13(12)2)23-17(19)16-10-15(11-24-16)25(20,21)18-5-7-22-8-6-18/h3-4,9-11H,5-8H2,1-2H3. The lowest BCUT2D eigenvalue weighted by molar-refractivity contribution is 0.0729. The molecular weight excluding hydrogens is 362 g/mol. The van der Waals surface area contributed by atoms with Crippen molar-refractivity contribution in [3.8, 4) is 5.75 Å². The van der Waals surface area contributed by atoms with Crippen molar-refractivity contribution in [2.24, 2.45) is 0 Å². The molecule has 1 aromatic heterocycles. The second kappa shape index (κ2) is 7.25. The molecule has 1 aliphatic rings. The Morgan fingerprint density at radius 3 is 2.56 bits per heavy atom. The van der Waals surface area contributed by atoms with Crippen LogP contribution in [0.4, 0.5) is 0 Å². The third-order valence-corrected chi connectivity index (χ3v) is 7.01. The normalized spacial score (nSPS) is 15.9. The molecule has 0 unspecified atom stereocenters. The van der Waals surface area contributed by atoms with E-state index in [2.05, 4.69) is 0 Å². The van der Waals surface area contributed by atoms with Crippen LogP contribution in [0.1, 0.15) is 20.8 Å². The zero-order chi connectivity index (χ0) is 18.0. The highest BCUT2D eigenvalue weighted by Gasteiger charge is 2.28. The van der Waals surface area contributed by atoms with Crippen molar-refractivity contribution in [3.05, 3.63) is 45.6 Å². The molecule has 0 radical (unpaired) electrons. The molecule has 1 saturated heterocycles. The average Bonchev–Trinajstić information content (AvgIpc) is 3.10. The van der Waals surface area contributed by atoms with Crippen LogP contribution in [-0.4, -0.2) is 45.0 Å². The van der Waals surface area contributed by atoms with Crippen molar-refractivity contribution < 1.29 is 22.7 Å². The van der Waals surface area contributed by atoms with Gasteiger partial charge in [0, 0.05) is 18.5 Å². The number of carbonyl (C=O) groups excluding carboxylic acids is 1. The van der Waals surface area contributed by atoms with Gasteiger partial charge in [-0.2, -0.15) is 4.31 Å². The van der Waals surface area contributed by atoms with Gasteiger partial charge in [-0.15, -0.1) is 11.3 Å². The van der Waals surface area contributed by atoms with E-state index < -0.39 is 16.0 Å². The summed E-state index contributed by atoms with van der Waals surface area (Å²) in [6.07, 6.45) is 0. The van der Waals surface area contributed by atoms with Gasteiger partial charge in [0.2, 0.25) is 10.0 Å². The van der Waals surface area contributed by atoms with Gasteiger partial charge >= 0.3 is 5.97 Å². The van der Waals surface area contributed by atoms with E-state index in [1.165, 1.54) is 15.8 Å². The van der Waals surface area contributed by atoms with Gasteiger partial charge in [-0.25, -0.2) is 13.2 Å². The molecule has 6 nitrogen and oxygen atoms in total. The molecule has 0 spiro atoms. The van der Waals surface area contributed by atoms with Crippen LogP contribution in [0, 0.1) is 13.8 Å². The molecule has 3 rings (SSSR count). The summed E-state index contributed by atoms with van der Waals surface area (Å²) in [7, 11) is -3.60. The van der Waals surface area contributed by atoms with Crippen LogP contribution in [0.2, 0.25) is 0 Å². The fourth-order valence-electron chi connectivity index (χ4n) is 2.43. The number of thiophene rings is 1. The number of ether oxygens (including phenoxy) is 2. The lowest BCUT2D eigenvalue weighted by atomic mass is 10.1. The topological polar surface area (TPSA) is 72.9 Å². The van der Waals surface area contributed by atoms with E-state index in [-0.39, 0.29) is 9.77 Å². The van der Waals surface area contributed by atoms with E-state index >= 15 is 0 Å². The fourth-order valence-corrected chi connectivity index (χ4v) is 4.98. The van der Waals surface area contributed by atoms with E-state index in [1.807, 2.05) is 19.9 Å². The lowest BCUT2D eigenvalue weighted by Crippen LogP contribution is -2.40. The van der Waals surface area contributed by atoms with Gasteiger partial charge in [0.05, 0.1) is 18.1 Å². The molecule has 1 fully saturated rings. The molecule has 0 aliphatic carbocycles. The minimum absolute atomic E-state index is 0.117. The fraction of sp³-hybridized carbons (Fsp3) is 0.353. The number of sulfonamides is 1. The van der Waals surface area contributed by atoms with Crippen molar-refractivity contribution in [2.45, 2.75) is 18.7 Å². The summed E-state index contributed by atoms with van der Waals surface area (Å²) in [6.45, 7) is 5.31. The Morgan fingerprint density at radius 1 is 1.16 bits per heavy atom. The van der Waals surface area contributed by atoms with Crippen LogP contribution in [0.3, 0.4) is 0 Å². The van der Waals surface area contributed by atoms with Gasteiger partial charge in [-0.3, -0.25) is 0 Å². The zero-order valence-electron chi connectivity index (χ0n) is 14.0. The van der Waals surface area contributed by atoms with E-state index in [0.29, 0.717) is 32.1 Å². The third kappa shape index (κ3) is 3.92. The predicted molar refractivity (Wildman–Crippen MR) is 94.8 cm³/mol. The Kier molecular flexibility index (Phi) is 5.24. The van der Waals surface area contributed by atoms with Gasteiger partial charge in [0.25, 0.3) is 0 Å². The molecule has 25 heavy (non-hydrogen) atoms. The minimum atomic E-state index is -3.60. The maximum Gasteiger partial charge on any atom is 0.353 e. The van der Waals surface area contributed by atoms with E-state index in [0.717, 1.165) is 22.5 Å². The van der Waals surface area contributed by atoms with Crippen LogP contribution < -0.4 is 4.74 Å². The number of morpholine rings is 1. The van der Waals surface area contributed by atoms with Crippen LogP contribution in [0.5, 0.6) is 5.75 Å². The van der Waals surface area contributed by atoms with Gasteiger partial charge in [-0.05, 0) is 43.2 Å². The number of esters is 1. The molecule has 0 N–H and O–H groups in total. The molecule has 0 bridgehead atoms. The molecule has 0 saturated carbocycles. The van der Waals surface area contributed by atoms with E-state index in [4.69, 9.17) is 9.47 Å². The summed E-state index contributed by atoms with van der Waals surface area (Å²) in [6, 6.07) is 6.75. The monoisotopic (exact) mass is 381 g/mol. The predicted octanol–water partition coefficient (Wildman–Crippen LogP) is 2.61. The molecular formula is C17H19NO5S2. The summed E-state index contributed by atoms with van der Waals surface area (Å²) in [5.74, 6) is -0.115. The number of hydrogen-bond acceptors (Lipinski definition) is 6. The summed E-state index contributed by atoms with van der Waals surface area (Å²) in [5, 5.41) is 1.47. The van der Waals surface area contributed by atoms with Gasteiger partial charge in [0.1, 0.15) is 10.6 Å². The van der Waals surface area contributed by atoms with Crippen molar-refractivity contribution in [2.75, 3.05) is 26.3 Å². The Labute approximate surface area is 151 Å². The number of carbonyl (C=O) groups is 1. The first-order valence-electron chi connectivity index (χ1n) is 7.84. The number of hydrogen-bond donors (Lipinski definition) is 0. The van der Waals surface area contributed by atoms with Crippen molar-refractivity contribution >= 4 is 27.3 Å². The second-order valence-corrected chi connectivity index (χ2v) is 8.65. The molecule has 2 heterocycles. The highest BCUT2D eigenvalue weighted by Crippen LogP contribution is 2.25. The average molecular weight is 381 g/mol. The largest absolute Gasteiger partial charge is 0.422 e. The second-order valence-electron chi connectivity index (χ2n) is 5.80. The Balaban J connectivity index is 1.76. The molecule has 1 aliphatic heterocycles. The molecule has 1 aromatic carbocycles. The van der Waals surface area contributed by atoms with Crippen LogP contribution in [0.25, 0.3) is 0 Å². The Hall–Kier alpha value is -1.74. The minimum Gasteiger partial charge on any atom is -0.422 e. The quantitative estimate of drug-likeness (QED) is 0.601. The number of rotatable bonds is 4. The molecule has 8 heteroatoms. The molecule has 2 aromatic rings. The van der Waals surface area contributed by atoms with Crippen LogP contribution in [-0.2, 0) is 14.8 Å². The highest BCUT2D eigenvalue weighted by atomic mass is 32.2. The van der Waals surface area contributed by atoms with Gasteiger partial charge in [0.15, 0.2) is 0 Å². The summed E-state index contributed by atoms with van der Waals surface area (Å²) >= 11 is 1.06. The smallest absolute Gasteiger partial charge is 0.353 e. The molecule has 0 atom stereocenters. The number of nitrogens with zero attached hydrogens (tertiary/aromatic N) is 1. The molecule has 134 valence electrons. The van der Waals surface area contributed by atoms with Crippen molar-refractivity contribution in [1.82, 2.24) is 4.31 Å². The maximum atomic E-state index is 12.6. The van der Waals surface area contributed by atoms with Crippen LogP contribution in [0.15, 0.2) is 34.5 Å². The highest BCUT2D eigenvalue weighted by molar-refractivity contribution is 7.89. The third-order valence-electron chi connectivity index (χ3n) is 4.07. The summed E-state index contributed by atoms with van der Waals surface area (Å²) in [4.78, 5) is 12.7. The molecule has 0 amide bonds. The van der Waals surface area contributed by atoms with Crippen molar-refractivity contribution in [1.29, 1.82) is 0 Å². The first-order valence-corrected chi connectivity index (χ1v) is 10.2. The maximum absolute atomic E-state index is 12.6. The van der Waals surface area contributed by atoms with E-state index in [9.17, 15) is 13.2 Å². The Morgan fingerprint density at radius 2 is 1.88 bits per heavy atom. The van der Waals surface area contributed by atoms with Gasteiger partial charge < -0.3 is 9.47 Å². The number of benzene rings is 1. The summed E-state index contributed by atoms with van der Waals surface area (Å²) in [5.41, 5.74) is 2.13. The first kappa shape index (κ1) is 18.1. The van der Waals surface area contributed by atoms with Crippen LogP contribution >= 0.6 is 11.3 Å². The summed E-state index contributed by atoms with van der Waals surface area (Å²) < 4.78 is 37.1. The van der Waals surface area contributed by atoms with E-state index in [1.54, 1.807) is 12.1 Å². The first-order chi connectivity index (χ1) is 11.9. The SMILES string of the molecule is Cc1ccc(OC(=O)c2cc(S(=O)(=O)N3CCOCC3)cs2)cc1C. The lowest BCUT2D eigenvalue weighted by Gasteiger charge is -2.25.